The van der Waals surface area contributed by atoms with Crippen molar-refractivity contribution in [3.8, 4) is 0 Å². The Morgan fingerprint density at radius 1 is 1.29 bits per heavy atom. The van der Waals surface area contributed by atoms with Crippen LogP contribution in [0, 0.1) is 5.41 Å². The second-order valence-electron chi connectivity index (χ2n) is 6.47. The normalized spacial score (nSPS) is 15.9. The minimum Gasteiger partial charge on any atom is -0.342 e. The number of anilines is 1. The van der Waals surface area contributed by atoms with Crippen LogP contribution in [0.3, 0.4) is 0 Å². The van der Waals surface area contributed by atoms with Crippen LogP contribution in [-0.2, 0) is 16.0 Å². The summed E-state index contributed by atoms with van der Waals surface area (Å²) in [7, 11) is 0. The Labute approximate surface area is 129 Å². The fourth-order valence-electron chi connectivity index (χ4n) is 2.14. The highest BCUT2D eigenvalue weighted by atomic mass is 32.1. The lowest BCUT2D eigenvalue weighted by Crippen LogP contribution is -2.36. The maximum Gasteiger partial charge on any atom is 0.231 e. The van der Waals surface area contributed by atoms with E-state index in [9.17, 15) is 9.59 Å². The van der Waals surface area contributed by atoms with Crippen molar-refractivity contribution in [1.29, 1.82) is 0 Å². The number of carbonyl (C=O) groups is 2. The Hall–Kier alpha value is -1.43. The second-order valence-corrected chi connectivity index (χ2v) is 7.32. The number of amides is 2. The standard InChI is InChI=1S/C15H23N3O2S/c1-15(2,3)13(20)17-14-16-11(10-21-14)9-12(19)18-7-5-4-6-8-18/h10H,4-9H2,1-3H3,(H,16,17,20). The molecule has 0 atom stereocenters. The monoisotopic (exact) mass is 309 g/mol. The molecular weight excluding hydrogens is 286 g/mol. The first-order valence-corrected chi connectivity index (χ1v) is 8.28. The summed E-state index contributed by atoms with van der Waals surface area (Å²) in [5.74, 6) is 0.0689. The van der Waals surface area contributed by atoms with Crippen LogP contribution in [0.2, 0.25) is 0 Å². The fourth-order valence-corrected chi connectivity index (χ4v) is 2.85. The molecule has 0 aliphatic carbocycles. The molecular formula is C15H23N3O2S. The van der Waals surface area contributed by atoms with E-state index in [0.29, 0.717) is 11.6 Å². The highest BCUT2D eigenvalue weighted by molar-refractivity contribution is 7.13. The summed E-state index contributed by atoms with van der Waals surface area (Å²) < 4.78 is 0. The molecule has 6 heteroatoms. The molecule has 1 fully saturated rings. The van der Waals surface area contributed by atoms with Gasteiger partial charge in [0.2, 0.25) is 11.8 Å². The summed E-state index contributed by atoms with van der Waals surface area (Å²) in [4.78, 5) is 30.3. The van der Waals surface area contributed by atoms with E-state index in [0.717, 1.165) is 31.6 Å². The zero-order valence-electron chi connectivity index (χ0n) is 12.9. The summed E-state index contributed by atoms with van der Waals surface area (Å²) >= 11 is 1.37. The lowest BCUT2D eigenvalue weighted by molar-refractivity contribution is -0.131. The van der Waals surface area contributed by atoms with Gasteiger partial charge in [-0.05, 0) is 19.3 Å². The molecule has 5 nitrogen and oxygen atoms in total. The van der Waals surface area contributed by atoms with Crippen LogP contribution in [0.15, 0.2) is 5.38 Å². The third-order valence-electron chi connectivity index (χ3n) is 3.49. The molecule has 0 unspecified atom stereocenters. The molecule has 0 bridgehead atoms. The molecule has 0 saturated carbocycles. The number of rotatable bonds is 3. The predicted octanol–water partition coefficient (Wildman–Crippen LogP) is 2.68. The molecule has 21 heavy (non-hydrogen) atoms. The van der Waals surface area contributed by atoms with Crippen molar-refractivity contribution in [2.75, 3.05) is 18.4 Å². The van der Waals surface area contributed by atoms with Gasteiger partial charge in [0, 0.05) is 23.9 Å². The van der Waals surface area contributed by atoms with Crippen LogP contribution in [-0.4, -0.2) is 34.8 Å². The van der Waals surface area contributed by atoms with E-state index in [1.165, 1.54) is 17.8 Å². The van der Waals surface area contributed by atoms with Crippen molar-refractivity contribution in [3.63, 3.8) is 0 Å². The molecule has 1 aromatic heterocycles. The van der Waals surface area contributed by atoms with Crippen molar-refractivity contribution in [3.05, 3.63) is 11.1 Å². The van der Waals surface area contributed by atoms with Gasteiger partial charge in [0.05, 0.1) is 12.1 Å². The number of carbonyl (C=O) groups excluding carboxylic acids is 2. The number of hydrogen-bond acceptors (Lipinski definition) is 4. The van der Waals surface area contributed by atoms with Crippen LogP contribution < -0.4 is 5.32 Å². The molecule has 2 rings (SSSR count). The van der Waals surface area contributed by atoms with Crippen LogP contribution in [0.5, 0.6) is 0 Å². The van der Waals surface area contributed by atoms with Gasteiger partial charge in [0.1, 0.15) is 0 Å². The van der Waals surface area contributed by atoms with Gasteiger partial charge < -0.3 is 10.2 Å². The number of thiazole rings is 1. The van der Waals surface area contributed by atoms with E-state index in [2.05, 4.69) is 10.3 Å². The van der Waals surface area contributed by atoms with Gasteiger partial charge in [-0.15, -0.1) is 11.3 Å². The Morgan fingerprint density at radius 2 is 1.95 bits per heavy atom. The first kappa shape index (κ1) is 15.9. The quantitative estimate of drug-likeness (QED) is 0.933. The Balaban J connectivity index is 1.91. The van der Waals surface area contributed by atoms with Crippen molar-refractivity contribution in [1.82, 2.24) is 9.88 Å². The fraction of sp³-hybridized carbons (Fsp3) is 0.667. The number of nitrogens with zero attached hydrogens (tertiary/aromatic N) is 2. The molecule has 1 aliphatic rings. The first-order chi connectivity index (χ1) is 9.86. The lowest BCUT2D eigenvalue weighted by atomic mass is 9.96. The maximum atomic E-state index is 12.2. The molecule has 2 amide bonds. The van der Waals surface area contributed by atoms with E-state index >= 15 is 0 Å². The topological polar surface area (TPSA) is 62.3 Å². The second kappa shape index (κ2) is 6.56. The van der Waals surface area contributed by atoms with Gasteiger partial charge in [0.25, 0.3) is 0 Å². The Morgan fingerprint density at radius 3 is 2.57 bits per heavy atom. The maximum absolute atomic E-state index is 12.2. The molecule has 116 valence electrons. The van der Waals surface area contributed by atoms with E-state index < -0.39 is 5.41 Å². The molecule has 1 aliphatic heterocycles. The van der Waals surface area contributed by atoms with Gasteiger partial charge in [0.15, 0.2) is 5.13 Å². The molecule has 0 spiro atoms. The van der Waals surface area contributed by atoms with Crippen molar-refractivity contribution >= 4 is 28.3 Å². The molecule has 1 saturated heterocycles. The van der Waals surface area contributed by atoms with Crippen LogP contribution in [0.1, 0.15) is 45.7 Å². The number of likely N-dealkylation sites (tertiary alicyclic amines) is 1. The summed E-state index contributed by atoms with van der Waals surface area (Å²) in [6, 6.07) is 0. The minimum absolute atomic E-state index is 0.0641. The summed E-state index contributed by atoms with van der Waals surface area (Å²) in [6.45, 7) is 7.29. The highest BCUT2D eigenvalue weighted by Crippen LogP contribution is 2.21. The molecule has 1 N–H and O–H groups in total. The van der Waals surface area contributed by atoms with Crippen molar-refractivity contribution in [2.45, 2.75) is 46.5 Å². The Bertz CT molecular complexity index is 513. The number of aromatic nitrogens is 1. The van der Waals surface area contributed by atoms with Gasteiger partial charge in [-0.2, -0.15) is 0 Å². The average Bonchev–Trinajstić information content (AvgIpc) is 2.86. The summed E-state index contributed by atoms with van der Waals surface area (Å²) in [5, 5.41) is 5.21. The van der Waals surface area contributed by atoms with Crippen molar-refractivity contribution in [2.24, 2.45) is 5.41 Å². The van der Waals surface area contributed by atoms with E-state index in [1.807, 2.05) is 31.1 Å². The van der Waals surface area contributed by atoms with Crippen LogP contribution in [0.4, 0.5) is 5.13 Å². The van der Waals surface area contributed by atoms with Crippen LogP contribution in [0.25, 0.3) is 0 Å². The predicted molar refractivity (Wildman–Crippen MR) is 84.3 cm³/mol. The zero-order valence-corrected chi connectivity index (χ0v) is 13.8. The average molecular weight is 309 g/mol. The third kappa shape index (κ3) is 4.52. The summed E-state index contributed by atoms with van der Waals surface area (Å²) in [5.41, 5.74) is 0.287. The van der Waals surface area contributed by atoms with Gasteiger partial charge >= 0.3 is 0 Å². The van der Waals surface area contributed by atoms with Crippen LogP contribution >= 0.6 is 11.3 Å². The number of nitrogens with one attached hydrogen (secondary N) is 1. The van der Waals surface area contributed by atoms with Gasteiger partial charge in [-0.3, -0.25) is 9.59 Å². The third-order valence-corrected chi connectivity index (χ3v) is 4.30. The lowest BCUT2D eigenvalue weighted by Gasteiger charge is -2.26. The van der Waals surface area contributed by atoms with E-state index in [4.69, 9.17) is 0 Å². The van der Waals surface area contributed by atoms with Crippen molar-refractivity contribution < 1.29 is 9.59 Å². The number of hydrogen-bond donors (Lipinski definition) is 1. The van der Waals surface area contributed by atoms with Gasteiger partial charge in [-0.1, -0.05) is 20.8 Å². The smallest absolute Gasteiger partial charge is 0.231 e. The summed E-state index contributed by atoms with van der Waals surface area (Å²) in [6.07, 6.45) is 3.72. The number of piperidine rings is 1. The first-order valence-electron chi connectivity index (χ1n) is 7.40. The highest BCUT2D eigenvalue weighted by Gasteiger charge is 2.23. The molecule has 2 heterocycles. The molecule has 0 aromatic carbocycles. The van der Waals surface area contributed by atoms with E-state index in [-0.39, 0.29) is 11.8 Å². The Kier molecular flexibility index (Phi) is 4.98. The van der Waals surface area contributed by atoms with Gasteiger partial charge in [-0.25, -0.2) is 4.98 Å². The largest absolute Gasteiger partial charge is 0.342 e. The van der Waals surface area contributed by atoms with E-state index in [1.54, 1.807) is 0 Å². The zero-order chi connectivity index (χ0) is 15.5. The molecule has 0 radical (unpaired) electrons. The minimum atomic E-state index is -0.449. The SMILES string of the molecule is CC(C)(C)C(=O)Nc1nc(CC(=O)N2CCCCC2)cs1. The molecule has 1 aromatic rings.